The van der Waals surface area contributed by atoms with Crippen molar-refractivity contribution >= 4 is 0 Å². The van der Waals surface area contributed by atoms with E-state index in [0.29, 0.717) is 0 Å². The summed E-state index contributed by atoms with van der Waals surface area (Å²) in [5.41, 5.74) is 0. The molecule has 1 saturated carbocycles. The highest BCUT2D eigenvalue weighted by Gasteiger charge is 2.38. The van der Waals surface area contributed by atoms with Crippen LogP contribution in [0.15, 0.2) is 12.2 Å². The van der Waals surface area contributed by atoms with Crippen molar-refractivity contribution in [1.82, 2.24) is 0 Å². The molecule has 106 valence electrons. The van der Waals surface area contributed by atoms with E-state index in [4.69, 9.17) is 0 Å². The second kappa shape index (κ2) is 8.02. The van der Waals surface area contributed by atoms with Crippen LogP contribution in [0.2, 0.25) is 0 Å². The summed E-state index contributed by atoms with van der Waals surface area (Å²) < 4.78 is 0. The van der Waals surface area contributed by atoms with Crippen LogP contribution in [0.4, 0.5) is 0 Å². The van der Waals surface area contributed by atoms with Gasteiger partial charge in [-0.05, 0) is 48.9 Å². The Morgan fingerprint density at radius 1 is 0.944 bits per heavy atom. The smallest absolute Gasteiger partial charge is 0.0317 e. The molecular weight excluding hydrogens is 216 g/mol. The molecule has 1 rings (SSSR count). The third kappa shape index (κ3) is 3.87. The minimum Gasteiger partial charge on any atom is -0.0888 e. The van der Waals surface area contributed by atoms with Crippen LogP contribution in [0.5, 0.6) is 0 Å². The Kier molecular flexibility index (Phi) is 7.04. The standard InChI is InChI=1S/C18H34/c1-6-9-10-12-18-15(5)14(4)17(11-7-2)13-16(18)8-3/h9-10,14-18H,6-8,11-13H2,1-5H3/b10-9-/t14-,15+,16?,17?,18-/m1/s1. The Hall–Kier alpha value is -0.260. The van der Waals surface area contributed by atoms with Gasteiger partial charge in [-0.15, -0.1) is 0 Å². The normalized spacial score (nSPS) is 37.3. The lowest BCUT2D eigenvalue weighted by Gasteiger charge is -2.45. The molecule has 0 heteroatoms. The molecule has 0 saturated heterocycles. The summed E-state index contributed by atoms with van der Waals surface area (Å²) in [5, 5.41) is 0. The number of rotatable bonds is 6. The molecule has 0 aromatic rings. The monoisotopic (exact) mass is 250 g/mol. The summed E-state index contributed by atoms with van der Waals surface area (Å²) in [6.07, 6.45) is 13.0. The third-order valence-corrected chi connectivity index (χ3v) is 5.45. The predicted octanol–water partition coefficient (Wildman–Crippen LogP) is 6.08. The zero-order valence-electron chi connectivity index (χ0n) is 13.3. The highest BCUT2D eigenvalue weighted by Crippen LogP contribution is 2.46. The van der Waals surface area contributed by atoms with E-state index in [0.717, 1.165) is 29.6 Å². The quantitative estimate of drug-likeness (QED) is 0.501. The van der Waals surface area contributed by atoms with Crippen molar-refractivity contribution in [2.24, 2.45) is 29.6 Å². The lowest BCUT2D eigenvalue weighted by molar-refractivity contribution is 0.0507. The number of allylic oxidation sites excluding steroid dienone is 2. The van der Waals surface area contributed by atoms with Crippen molar-refractivity contribution in [3.05, 3.63) is 12.2 Å². The van der Waals surface area contributed by atoms with Crippen molar-refractivity contribution in [3.63, 3.8) is 0 Å². The average Bonchev–Trinajstić information content (AvgIpc) is 2.38. The van der Waals surface area contributed by atoms with E-state index in [2.05, 4.69) is 46.8 Å². The van der Waals surface area contributed by atoms with E-state index in [1.165, 1.54) is 38.5 Å². The van der Waals surface area contributed by atoms with E-state index in [1.54, 1.807) is 0 Å². The van der Waals surface area contributed by atoms with Crippen molar-refractivity contribution < 1.29 is 0 Å². The van der Waals surface area contributed by atoms with E-state index < -0.39 is 0 Å². The molecule has 0 nitrogen and oxygen atoms in total. The molecule has 5 atom stereocenters. The van der Waals surface area contributed by atoms with Crippen LogP contribution in [-0.4, -0.2) is 0 Å². The lowest BCUT2D eigenvalue weighted by Crippen LogP contribution is -2.37. The second-order valence-corrected chi connectivity index (χ2v) is 6.45. The molecule has 0 aliphatic heterocycles. The third-order valence-electron chi connectivity index (χ3n) is 5.45. The van der Waals surface area contributed by atoms with Crippen LogP contribution in [0.3, 0.4) is 0 Å². The molecule has 0 bridgehead atoms. The zero-order valence-corrected chi connectivity index (χ0v) is 13.3. The van der Waals surface area contributed by atoms with Gasteiger partial charge in [0.2, 0.25) is 0 Å². The maximum Gasteiger partial charge on any atom is -0.0317 e. The summed E-state index contributed by atoms with van der Waals surface area (Å²) in [6.45, 7) is 12.0. The largest absolute Gasteiger partial charge is 0.0888 e. The van der Waals surface area contributed by atoms with Gasteiger partial charge in [-0.1, -0.05) is 66.0 Å². The zero-order chi connectivity index (χ0) is 13.5. The molecule has 2 unspecified atom stereocenters. The fourth-order valence-corrected chi connectivity index (χ4v) is 4.07. The first-order valence-corrected chi connectivity index (χ1v) is 8.30. The van der Waals surface area contributed by atoms with E-state index >= 15 is 0 Å². The van der Waals surface area contributed by atoms with Crippen LogP contribution in [0, 0.1) is 29.6 Å². The summed E-state index contributed by atoms with van der Waals surface area (Å²) in [5.74, 6) is 4.71. The summed E-state index contributed by atoms with van der Waals surface area (Å²) in [7, 11) is 0. The van der Waals surface area contributed by atoms with Crippen molar-refractivity contribution in [2.75, 3.05) is 0 Å². The molecule has 0 aromatic heterocycles. The number of hydrogen-bond acceptors (Lipinski definition) is 0. The lowest BCUT2D eigenvalue weighted by atomic mass is 9.60. The topological polar surface area (TPSA) is 0 Å². The molecule has 18 heavy (non-hydrogen) atoms. The molecule has 1 aliphatic rings. The van der Waals surface area contributed by atoms with Crippen molar-refractivity contribution in [3.8, 4) is 0 Å². The highest BCUT2D eigenvalue weighted by molar-refractivity contribution is 4.93. The van der Waals surface area contributed by atoms with Gasteiger partial charge in [0.25, 0.3) is 0 Å². The first kappa shape index (κ1) is 15.8. The highest BCUT2D eigenvalue weighted by atomic mass is 14.4. The first-order valence-electron chi connectivity index (χ1n) is 8.30. The van der Waals surface area contributed by atoms with Crippen LogP contribution in [0.25, 0.3) is 0 Å². The summed E-state index contributed by atoms with van der Waals surface area (Å²) in [6, 6.07) is 0. The molecular formula is C18H34. The Bertz CT molecular complexity index is 238. The van der Waals surface area contributed by atoms with Gasteiger partial charge in [-0.2, -0.15) is 0 Å². The minimum absolute atomic E-state index is 0.904. The maximum absolute atomic E-state index is 2.51. The maximum atomic E-state index is 2.51. The molecule has 0 aromatic carbocycles. The molecule has 1 fully saturated rings. The van der Waals surface area contributed by atoms with Crippen LogP contribution < -0.4 is 0 Å². The Morgan fingerprint density at radius 2 is 1.67 bits per heavy atom. The number of hydrogen-bond donors (Lipinski definition) is 0. The summed E-state index contributed by atoms with van der Waals surface area (Å²) >= 11 is 0. The van der Waals surface area contributed by atoms with Gasteiger partial charge in [-0.25, -0.2) is 0 Å². The van der Waals surface area contributed by atoms with E-state index in [9.17, 15) is 0 Å². The van der Waals surface area contributed by atoms with E-state index in [-0.39, 0.29) is 0 Å². The molecule has 0 spiro atoms. The van der Waals surface area contributed by atoms with Gasteiger partial charge >= 0.3 is 0 Å². The fourth-order valence-electron chi connectivity index (χ4n) is 4.07. The van der Waals surface area contributed by atoms with Gasteiger partial charge in [0.1, 0.15) is 0 Å². The van der Waals surface area contributed by atoms with Gasteiger partial charge in [-0.3, -0.25) is 0 Å². The Balaban J connectivity index is 2.68. The molecule has 1 aliphatic carbocycles. The van der Waals surface area contributed by atoms with Crippen LogP contribution >= 0.6 is 0 Å². The predicted molar refractivity (Wildman–Crippen MR) is 82.7 cm³/mol. The molecule has 0 heterocycles. The molecule has 0 amide bonds. The summed E-state index contributed by atoms with van der Waals surface area (Å²) in [4.78, 5) is 0. The van der Waals surface area contributed by atoms with Crippen LogP contribution in [-0.2, 0) is 0 Å². The van der Waals surface area contributed by atoms with Gasteiger partial charge in [0.15, 0.2) is 0 Å². The van der Waals surface area contributed by atoms with Crippen molar-refractivity contribution in [1.29, 1.82) is 0 Å². The average molecular weight is 250 g/mol. The molecule has 0 N–H and O–H groups in total. The van der Waals surface area contributed by atoms with Crippen LogP contribution in [0.1, 0.15) is 73.1 Å². The van der Waals surface area contributed by atoms with E-state index in [1.807, 2.05) is 0 Å². The first-order chi connectivity index (χ1) is 8.65. The molecule has 0 radical (unpaired) electrons. The minimum atomic E-state index is 0.904. The fraction of sp³-hybridized carbons (Fsp3) is 0.889. The van der Waals surface area contributed by atoms with Gasteiger partial charge in [0, 0.05) is 0 Å². The Labute approximate surface area is 115 Å². The Morgan fingerprint density at radius 3 is 2.22 bits per heavy atom. The second-order valence-electron chi connectivity index (χ2n) is 6.45. The van der Waals surface area contributed by atoms with Gasteiger partial charge in [0.05, 0.1) is 0 Å². The van der Waals surface area contributed by atoms with Crippen molar-refractivity contribution in [2.45, 2.75) is 73.1 Å². The van der Waals surface area contributed by atoms with Gasteiger partial charge < -0.3 is 0 Å². The SMILES string of the molecule is CC/C=C\C[C@H]1C(CC)CC(CCC)[C@H](C)[C@@H]1C.